The number of anilines is 1. The van der Waals surface area contributed by atoms with Crippen LogP contribution in [-0.4, -0.2) is 11.1 Å². The van der Waals surface area contributed by atoms with E-state index in [4.69, 9.17) is 16.4 Å². The Hall–Kier alpha value is -1.58. The number of halogens is 1. The number of hydrogen-bond donors (Lipinski definition) is 0. The number of benzene rings is 1. The Morgan fingerprint density at radius 2 is 1.91 bits per heavy atom. The highest BCUT2D eigenvalue weighted by molar-refractivity contribution is 6.30. The first-order valence-electron chi connectivity index (χ1n) is 7.94. The van der Waals surface area contributed by atoms with Crippen LogP contribution in [0.2, 0.25) is 5.02 Å². The van der Waals surface area contributed by atoms with Crippen molar-refractivity contribution >= 4 is 17.3 Å². The SMILES string of the molecule is Clc1ccc(N2OC3CCCCC3C2c2cccnc2)cc1. The van der Waals surface area contributed by atoms with Crippen molar-refractivity contribution in [1.82, 2.24) is 4.98 Å². The van der Waals surface area contributed by atoms with Crippen molar-refractivity contribution in [1.29, 1.82) is 0 Å². The zero-order valence-corrected chi connectivity index (χ0v) is 13.1. The second-order valence-electron chi connectivity index (χ2n) is 6.13. The molecule has 1 saturated carbocycles. The number of nitrogens with zero attached hydrogens (tertiary/aromatic N) is 2. The number of hydroxylamine groups is 1. The largest absolute Gasteiger partial charge is 0.269 e. The third-order valence-electron chi connectivity index (χ3n) is 4.77. The molecule has 0 radical (unpaired) electrons. The van der Waals surface area contributed by atoms with Crippen molar-refractivity contribution in [2.24, 2.45) is 5.92 Å². The maximum atomic E-state index is 6.32. The lowest BCUT2D eigenvalue weighted by Crippen LogP contribution is -2.25. The highest BCUT2D eigenvalue weighted by Gasteiger charge is 2.45. The Labute approximate surface area is 135 Å². The maximum absolute atomic E-state index is 6.32. The smallest absolute Gasteiger partial charge is 0.0908 e. The van der Waals surface area contributed by atoms with Gasteiger partial charge in [-0.3, -0.25) is 9.82 Å². The molecule has 4 rings (SSSR count). The van der Waals surface area contributed by atoms with Gasteiger partial charge in [-0.2, -0.15) is 0 Å². The predicted molar refractivity (Wildman–Crippen MR) is 87.7 cm³/mol. The number of hydrogen-bond acceptors (Lipinski definition) is 3. The zero-order chi connectivity index (χ0) is 14.9. The Bertz CT molecular complexity index is 631. The lowest BCUT2D eigenvalue weighted by Gasteiger charge is -2.28. The summed E-state index contributed by atoms with van der Waals surface area (Å²) in [5.41, 5.74) is 2.29. The van der Waals surface area contributed by atoms with Gasteiger partial charge in [-0.25, -0.2) is 5.06 Å². The first-order chi connectivity index (χ1) is 10.8. The van der Waals surface area contributed by atoms with Gasteiger partial charge in [0.1, 0.15) is 0 Å². The summed E-state index contributed by atoms with van der Waals surface area (Å²) >= 11 is 6.02. The molecule has 0 bridgehead atoms. The molecular formula is C18H19ClN2O. The van der Waals surface area contributed by atoms with Crippen LogP contribution in [-0.2, 0) is 4.84 Å². The van der Waals surface area contributed by atoms with E-state index in [0.29, 0.717) is 12.0 Å². The predicted octanol–water partition coefficient (Wildman–Crippen LogP) is 4.79. The molecule has 0 amide bonds. The highest BCUT2D eigenvalue weighted by atomic mass is 35.5. The fourth-order valence-electron chi connectivity index (χ4n) is 3.75. The minimum atomic E-state index is 0.236. The molecule has 114 valence electrons. The number of fused-ring (bicyclic) bond motifs is 1. The van der Waals surface area contributed by atoms with Crippen LogP contribution in [0.1, 0.15) is 37.3 Å². The Balaban J connectivity index is 1.73. The summed E-state index contributed by atoms with van der Waals surface area (Å²) in [5, 5.41) is 2.83. The summed E-state index contributed by atoms with van der Waals surface area (Å²) < 4.78 is 0. The fraction of sp³-hybridized carbons (Fsp3) is 0.389. The van der Waals surface area contributed by atoms with E-state index in [-0.39, 0.29) is 6.04 Å². The highest BCUT2D eigenvalue weighted by Crippen LogP contribution is 2.47. The summed E-state index contributed by atoms with van der Waals surface area (Å²) in [7, 11) is 0. The normalized spacial score (nSPS) is 27.7. The van der Waals surface area contributed by atoms with Crippen molar-refractivity contribution < 1.29 is 4.84 Å². The molecule has 1 saturated heterocycles. The van der Waals surface area contributed by atoms with E-state index in [2.05, 4.69) is 16.1 Å². The molecule has 2 aromatic rings. The summed E-state index contributed by atoms with van der Waals surface area (Å²) in [6, 6.07) is 12.3. The average Bonchev–Trinajstić information content (AvgIpc) is 2.96. The van der Waals surface area contributed by atoms with Crippen molar-refractivity contribution in [3.05, 3.63) is 59.4 Å². The standard InChI is InChI=1S/C18H19ClN2O/c19-14-7-9-15(10-8-14)21-18(13-4-3-11-20-12-13)16-5-1-2-6-17(16)22-21/h3-4,7-12,16-18H,1-2,5-6H2. The van der Waals surface area contributed by atoms with Gasteiger partial charge in [0.15, 0.2) is 0 Å². The van der Waals surface area contributed by atoms with Gasteiger partial charge in [0.2, 0.25) is 0 Å². The molecule has 0 N–H and O–H groups in total. The molecule has 2 heterocycles. The van der Waals surface area contributed by atoms with Gasteiger partial charge in [-0.05, 0) is 48.7 Å². The zero-order valence-electron chi connectivity index (χ0n) is 12.4. The first kappa shape index (κ1) is 14.0. The van der Waals surface area contributed by atoms with Crippen LogP contribution < -0.4 is 5.06 Å². The topological polar surface area (TPSA) is 25.4 Å². The van der Waals surface area contributed by atoms with Crippen LogP contribution in [0.15, 0.2) is 48.8 Å². The van der Waals surface area contributed by atoms with E-state index in [9.17, 15) is 0 Å². The van der Waals surface area contributed by atoms with Crippen LogP contribution in [0, 0.1) is 5.92 Å². The summed E-state index contributed by atoms with van der Waals surface area (Å²) in [5.74, 6) is 0.536. The van der Waals surface area contributed by atoms with Crippen LogP contribution in [0.5, 0.6) is 0 Å². The van der Waals surface area contributed by atoms with Gasteiger partial charge in [-0.1, -0.05) is 30.5 Å². The summed E-state index contributed by atoms with van der Waals surface area (Å²) in [6.07, 6.45) is 9.01. The van der Waals surface area contributed by atoms with Gasteiger partial charge < -0.3 is 0 Å². The van der Waals surface area contributed by atoms with Crippen molar-refractivity contribution in [2.45, 2.75) is 37.8 Å². The van der Waals surface area contributed by atoms with Crippen LogP contribution in [0.25, 0.3) is 0 Å². The molecule has 2 aliphatic rings. The first-order valence-corrected chi connectivity index (χ1v) is 8.32. The lowest BCUT2D eigenvalue weighted by atomic mass is 9.80. The van der Waals surface area contributed by atoms with E-state index in [1.165, 1.54) is 24.8 Å². The van der Waals surface area contributed by atoms with E-state index in [1.54, 1.807) is 0 Å². The number of aromatic nitrogens is 1. The van der Waals surface area contributed by atoms with Crippen LogP contribution in [0.4, 0.5) is 5.69 Å². The van der Waals surface area contributed by atoms with Gasteiger partial charge in [0, 0.05) is 23.3 Å². The molecule has 1 aromatic heterocycles. The second kappa shape index (κ2) is 5.90. The lowest BCUT2D eigenvalue weighted by molar-refractivity contribution is 0.0490. The van der Waals surface area contributed by atoms with Gasteiger partial charge in [0.05, 0.1) is 17.8 Å². The molecule has 1 aromatic carbocycles. The van der Waals surface area contributed by atoms with Gasteiger partial charge >= 0.3 is 0 Å². The second-order valence-corrected chi connectivity index (χ2v) is 6.56. The van der Waals surface area contributed by atoms with E-state index >= 15 is 0 Å². The molecule has 0 spiro atoms. The van der Waals surface area contributed by atoms with Gasteiger partial charge in [0.25, 0.3) is 0 Å². The summed E-state index contributed by atoms with van der Waals surface area (Å²) in [6.45, 7) is 0. The molecule has 1 aliphatic heterocycles. The van der Waals surface area contributed by atoms with Crippen molar-refractivity contribution in [2.75, 3.05) is 5.06 Å². The number of pyridine rings is 1. The third-order valence-corrected chi connectivity index (χ3v) is 5.02. The molecular weight excluding hydrogens is 296 g/mol. The van der Waals surface area contributed by atoms with Crippen LogP contribution >= 0.6 is 11.6 Å². The fourth-order valence-corrected chi connectivity index (χ4v) is 3.87. The Morgan fingerprint density at radius 3 is 2.68 bits per heavy atom. The molecule has 3 unspecified atom stereocenters. The van der Waals surface area contributed by atoms with E-state index < -0.39 is 0 Å². The molecule has 2 fully saturated rings. The molecule has 3 atom stereocenters. The molecule has 1 aliphatic carbocycles. The molecule has 4 heteroatoms. The van der Waals surface area contributed by atoms with E-state index in [0.717, 1.165) is 17.1 Å². The maximum Gasteiger partial charge on any atom is 0.0908 e. The Morgan fingerprint density at radius 1 is 1.09 bits per heavy atom. The van der Waals surface area contributed by atoms with Crippen LogP contribution in [0.3, 0.4) is 0 Å². The molecule has 22 heavy (non-hydrogen) atoms. The minimum absolute atomic E-state index is 0.236. The summed E-state index contributed by atoms with van der Waals surface area (Å²) in [4.78, 5) is 10.6. The molecule has 3 nitrogen and oxygen atoms in total. The van der Waals surface area contributed by atoms with Crippen molar-refractivity contribution in [3.63, 3.8) is 0 Å². The van der Waals surface area contributed by atoms with E-state index in [1.807, 2.05) is 42.7 Å². The van der Waals surface area contributed by atoms with Gasteiger partial charge in [-0.15, -0.1) is 0 Å². The quantitative estimate of drug-likeness (QED) is 0.797. The Kier molecular flexibility index (Phi) is 3.77. The number of rotatable bonds is 2. The third kappa shape index (κ3) is 2.49. The average molecular weight is 315 g/mol. The van der Waals surface area contributed by atoms with Crippen molar-refractivity contribution in [3.8, 4) is 0 Å². The minimum Gasteiger partial charge on any atom is -0.269 e. The monoisotopic (exact) mass is 314 g/mol.